The minimum absolute atomic E-state index is 0.0726. The molecule has 0 atom stereocenters. The van der Waals surface area contributed by atoms with Gasteiger partial charge in [0.2, 0.25) is 5.88 Å². The summed E-state index contributed by atoms with van der Waals surface area (Å²) in [5.74, 6) is 0.533. The van der Waals surface area contributed by atoms with E-state index >= 15 is 0 Å². The monoisotopic (exact) mass is 250 g/mol. The van der Waals surface area contributed by atoms with Crippen molar-refractivity contribution in [2.24, 2.45) is 0 Å². The Bertz CT molecular complexity index is 583. The van der Waals surface area contributed by atoms with Gasteiger partial charge in [0.1, 0.15) is 5.82 Å². The summed E-state index contributed by atoms with van der Waals surface area (Å²) in [6.07, 6.45) is 2.14. The Kier molecular flexibility index (Phi) is 2.55. The standard InChI is InChI=1S/C12H11FN2O3/c13-9-5-11-10(16-2-1-3-17-11)4-7(9)8-6-15-18-12(8)14/h4-6H,1-3,14H2. The minimum atomic E-state index is -0.450. The van der Waals surface area contributed by atoms with Crippen molar-refractivity contribution in [3.63, 3.8) is 0 Å². The van der Waals surface area contributed by atoms with Crippen LogP contribution < -0.4 is 15.2 Å². The maximum absolute atomic E-state index is 14.0. The third-order valence-corrected chi connectivity index (χ3v) is 2.73. The normalized spacial score (nSPS) is 14.3. The second kappa shape index (κ2) is 4.21. The van der Waals surface area contributed by atoms with Crippen molar-refractivity contribution in [1.29, 1.82) is 0 Å². The van der Waals surface area contributed by atoms with Crippen molar-refractivity contribution >= 4 is 5.88 Å². The highest BCUT2D eigenvalue weighted by Gasteiger charge is 2.18. The predicted molar refractivity (Wildman–Crippen MR) is 61.9 cm³/mol. The zero-order valence-electron chi connectivity index (χ0n) is 9.48. The van der Waals surface area contributed by atoms with Crippen LogP contribution in [0.15, 0.2) is 22.9 Å². The maximum atomic E-state index is 14.0. The van der Waals surface area contributed by atoms with Gasteiger partial charge in [0.25, 0.3) is 0 Å². The summed E-state index contributed by atoms with van der Waals surface area (Å²) in [5.41, 5.74) is 6.28. The van der Waals surface area contributed by atoms with Crippen LogP contribution in [-0.2, 0) is 0 Å². The van der Waals surface area contributed by atoms with Gasteiger partial charge in [0.15, 0.2) is 11.5 Å². The van der Waals surface area contributed by atoms with Crippen LogP contribution >= 0.6 is 0 Å². The molecule has 94 valence electrons. The van der Waals surface area contributed by atoms with Gasteiger partial charge in [-0.05, 0) is 6.07 Å². The van der Waals surface area contributed by atoms with Gasteiger partial charge >= 0.3 is 0 Å². The Balaban J connectivity index is 2.11. The Hall–Kier alpha value is -2.24. The number of hydrogen-bond acceptors (Lipinski definition) is 5. The molecule has 5 nitrogen and oxygen atoms in total. The van der Waals surface area contributed by atoms with Crippen LogP contribution in [-0.4, -0.2) is 18.4 Å². The van der Waals surface area contributed by atoms with E-state index in [4.69, 9.17) is 19.7 Å². The van der Waals surface area contributed by atoms with Gasteiger partial charge in [-0.15, -0.1) is 0 Å². The molecular formula is C12H11FN2O3. The lowest BCUT2D eigenvalue weighted by molar-refractivity contribution is 0.296. The molecule has 1 aliphatic rings. The largest absolute Gasteiger partial charge is 0.490 e. The second-order valence-corrected chi connectivity index (χ2v) is 3.93. The molecule has 0 saturated carbocycles. The molecule has 3 rings (SSSR count). The molecular weight excluding hydrogens is 239 g/mol. The lowest BCUT2D eigenvalue weighted by Crippen LogP contribution is -1.97. The van der Waals surface area contributed by atoms with E-state index in [9.17, 15) is 4.39 Å². The van der Waals surface area contributed by atoms with Gasteiger partial charge in [-0.2, -0.15) is 0 Å². The van der Waals surface area contributed by atoms with E-state index in [1.54, 1.807) is 6.07 Å². The molecule has 1 aromatic heterocycles. The number of halogens is 1. The highest BCUT2D eigenvalue weighted by Crippen LogP contribution is 2.38. The fraction of sp³-hybridized carbons (Fsp3) is 0.250. The van der Waals surface area contributed by atoms with Crippen LogP contribution in [0.1, 0.15) is 6.42 Å². The van der Waals surface area contributed by atoms with Crippen molar-refractivity contribution < 1.29 is 18.4 Å². The molecule has 0 saturated heterocycles. The maximum Gasteiger partial charge on any atom is 0.230 e. The summed E-state index contributed by atoms with van der Waals surface area (Å²) >= 11 is 0. The zero-order valence-corrected chi connectivity index (χ0v) is 9.48. The molecule has 0 amide bonds. The molecule has 6 heteroatoms. The Morgan fingerprint density at radius 3 is 2.50 bits per heavy atom. The number of benzene rings is 1. The third-order valence-electron chi connectivity index (χ3n) is 2.73. The van der Waals surface area contributed by atoms with Crippen molar-refractivity contribution in [2.45, 2.75) is 6.42 Å². The van der Waals surface area contributed by atoms with Crippen LogP contribution in [0.5, 0.6) is 11.5 Å². The van der Waals surface area contributed by atoms with Crippen molar-refractivity contribution in [3.8, 4) is 22.6 Å². The Labute approximate surface area is 102 Å². The first kappa shape index (κ1) is 10.9. The molecule has 2 heterocycles. The number of aromatic nitrogens is 1. The van der Waals surface area contributed by atoms with Crippen LogP contribution in [0.25, 0.3) is 11.1 Å². The van der Waals surface area contributed by atoms with Gasteiger partial charge in [-0.3, -0.25) is 0 Å². The summed E-state index contributed by atoms with van der Waals surface area (Å²) in [6.45, 7) is 1.05. The van der Waals surface area contributed by atoms with Gasteiger partial charge in [-0.1, -0.05) is 5.16 Å². The quantitative estimate of drug-likeness (QED) is 0.840. The van der Waals surface area contributed by atoms with E-state index in [1.165, 1.54) is 12.3 Å². The third kappa shape index (κ3) is 1.75. The molecule has 0 unspecified atom stereocenters. The van der Waals surface area contributed by atoms with Gasteiger partial charge < -0.3 is 19.7 Å². The highest BCUT2D eigenvalue weighted by atomic mass is 19.1. The highest BCUT2D eigenvalue weighted by molar-refractivity contribution is 5.74. The van der Waals surface area contributed by atoms with Crippen molar-refractivity contribution in [3.05, 3.63) is 24.1 Å². The smallest absolute Gasteiger partial charge is 0.230 e. The van der Waals surface area contributed by atoms with Gasteiger partial charge in [-0.25, -0.2) is 4.39 Å². The van der Waals surface area contributed by atoms with Crippen LogP contribution in [0.3, 0.4) is 0 Å². The van der Waals surface area contributed by atoms with E-state index in [0.717, 1.165) is 6.42 Å². The molecule has 0 aliphatic carbocycles. The molecule has 1 aliphatic heterocycles. The van der Waals surface area contributed by atoms with Crippen LogP contribution in [0, 0.1) is 5.82 Å². The minimum Gasteiger partial charge on any atom is -0.490 e. The van der Waals surface area contributed by atoms with E-state index in [1.807, 2.05) is 0 Å². The SMILES string of the molecule is Nc1oncc1-c1cc2c(cc1F)OCCCO2. The van der Waals surface area contributed by atoms with Crippen LogP contribution in [0.4, 0.5) is 10.3 Å². The summed E-state index contributed by atoms with van der Waals surface area (Å²) < 4.78 is 29.6. The number of nitrogen functional groups attached to an aromatic ring is 1. The average Bonchev–Trinajstić information content (AvgIpc) is 2.64. The number of anilines is 1. The van der Waals surface area contributed by atoms with Crippen molar-refractivity contribution in [2.75, 3.05) is 18.9 Å². The molecule has 0 radical (unpaired) electrons. The Morgan fingerprint density at radius 2 is 1.83 bits per heavy atom. The predicted octanol–water partition coefficient (Wildman–Crippen LogP) is 2.22. The topological polar surface area (TPSA) is 70.5 Å². The van der Waals surface area contributed by atoms with E-state index in [0.29, 0.717) is 30.3 Å². The summed E-state index contributed by atoms with van der Waals surface area (Å²) in [4.78, 5) is 0. The molecule has 18 heavy (non-hydrogen) atoms. The fourth-order valence-electron chi connectivity index (χ4n) is 1.84. The van der Waals surface area contributed by atoms with Crippen LogP contribution in [0.2, 0.25) is 0 Å². The molecule has 2 N–H and O–H groups in total. The number of nitrogens with zero attached hydrogens (tertiary/aromatic N) is 1. The van der Waals surface area contributed by atoms with Crippen molar-refractivity contribution in [1.82, 2.24) is 5.16 Å². The summed E-state index contributed by atoms with van der Waals surface area (Å²) in [6, 6.07) is 2.85. The number of hydrogen-bond donors (Lipinski definition) is 1. The van der Waals surface area contributed by atoms with E-state index < -0.39 is 5.82 Å². The number of rotatable bonds is 1. The lowest BCUT2D eigenvalue weighted by atomic mass is 10.1. The fourth-order valence-corrected chi connectivity index (χ4v) is 1.84. The zero-order chi connectivity index (χ0) is 12.5. The van der Waals surface area contributed by atoms with Gasteiger partial charge in [0, 0.05) is 18.1 Å². The first-order valence-corrected chi connectivity index (χ1v) is 5.55. The van der Waals surface area contributed by atoms with E-state index in [-0.39, 0.29) is 11.4 Å². The number of ether oxygens (including phenoxy) is 2. The molecule has 2 aromatic rings. The molecule has 0 bridgehead atoms. The first-order chi connectivity index (χ1) is 8.75. The average molecular weight is 250 g/mol. The van der Waals surface area contributed by atoms with E-state index in [2.05, 4.69) is 5.16 Å². The molecule has 0 fully saturated rings. The molecule has 1 aromatic carbocycles. The number of nitrogens with two attached hydrogens (primary N) is 1. The Morgan fingerprint density at radius 1 is 1.11 bits per heavy atom. The number of fused-ring (bicyclic) bond motifs is 1. The summed E-state index contributed by atoms with van der Waals surface area (Å²) in [5, 5.41) is 3.53. The molecule has 0 spiro atoms. The second-order valence-electron chi connectivity index (χ2n) is 3.93. The summed E-state index contributed by atoms with van der Waals surface area (Å²) in [7, 11) is 0. The van der Waals surface area contributed by atoms with Gasteiger partial charge in [0.05, 0.1) is 25.0 Å². The lowest BCUT2D eigenvalue weighted by Gasteiger charge is -2.09. The first-order valence-electron chi connectivity index (χ1n) is 5.55.